The predicted octanol–water partition coefficient (Wildman–Crippen LogP) is 3.54. The highest BCUT2D eigenvalue weighted by molar-refractivity contribution is 5.97. The summed E-state index contributed by atoms with van der Waals surface area (Å²) in [5.74, 6) is -1.30. The summed E-state index contributed by atoms with van der Waals surface area (Å²) in [4.78, 5) is 36.9. The van der Waals surface area contributed by atoms with Gasteiger partial charge in [-0.25, -0.2) is 9.36 Å². The van der Waals surface area contributed by atoms with Crippen LogP contribution in [0.5, 0.6) is 0 Å². The van der Waals surface area contributed by atoms with Crippen molar-refractivity contribution in [1.29, 1.82) is 0 Å². The Balaban J connectivity index is 1.61. The zero-order chi connectivity index (χ0) is 19.0. The van der Waals surface area contributed by atoms with E-state index in [1.165, 1.54) is 17.2 Å². The van der Waals surface area contributed by atoms with Crippen molar-refractivity contribution in [3.63, 3.8) is 0 Å². The van der Waals surface area contributed by atoms with Crippen LogP contribution in [0.15, 0.2) is 59.4 Å². The molecule has 0 bridgehead atoms. The number of carboxylic acids is 1. The van der Waals surface area contributed by atoms with Gasteiger partial charge in [0.1, 0.15) is 5.56 Å². The van der Waals surface area contributed by atoms with Gasteiger partial charge >= 0.3 is 5.97 Å². The minimum absolute atomic E-state index is 0.214. The lowest BCUT2D eigenvalue weighted by Crippen LogP contribution is -2.31. The molecule has 1 aliphatic rings. The van der Waals surface area contributed by atoms with Crippen LogP contribution < -0.4 is 5.56 Å². The Kier molecular flexibility index (Phi) is 4.36. The molecular weight excluding hydrogens is 342 g/mol. The molecule has 0 unspecified atom stereocenters. The van der Waals surface area contributed by atoms with E-state index in [1.54, 1.807) is 24.3 Å². The summed E-state index contributed by atoms with van der Waals surface area (Å²) in [6.45, 7) is 0. The normalized spacial score (nSPS) is 13.6. The zero-order valence-corrected chi connectivity index (χ0v) is 14.7. The van der Waals surface area contributed by atoms with Crippen molar-refractivity contribution in [3.05, 3.63) is 81.6 Å². The molecule has 1 N–H and O–H groups in total. The van der Waals surface area contributed by atoms with Crippen molar-refractivity contribution < 1.29 is 14.7 Å². The number of pyridine rings is 1. The van der Waals surface area contributed by atoms with Crippen LogP contribution in [0, 0.1) is 5.92 Å². The Morgan fingerprint density at radius 1 is 1.00 bits per heavy atom. The number of carbonyl (C=O) groups is 2. The summed E-state index contributed by atoms with van der Waals surface area (Å²) in [5, 5.41) is 9.88. The molecule has 0 radical (unpaired) electrons. The third-order valence-electron chi connectivity index (χ3n) is 5.29. The van der Waals surface area contributed by atoms with Crippen molar-refractivity contribution in [1.82, 2.24) is 4.57 Å². The minimum Gasteiger partial charge on any atom is -0.477 e. The van der Waals surface area contributed by atoms with Gasteiger partial charge in [0.25, 0.3) is 5.56 Å². The highest BCUT2D eigenvalue weighted by atomic mass is 16.4. The highest BCUT2D eigenvalue weighted by Gasteiger charge is 2.23. The number of para-hydroxylation sites is 1. The summed E-state index contributed by atoms with van der Waals surface area (Å²) in [6.07, 6.45) is 2.76. The Hall–Kier alpha value is -3.21. The first-order valence-corrected chi connectivity index (χ1v) is 9.02. The molecule has 136 valence electrons. The van der Waals surface area contributed by atoms with Gasteiger partial charge in [0, 0.05) is 6.42 Å². The van der Waals surface area contributed by atoms with Crippen molar-refractivity contribution in [2.24, 2.45) is 5.92 Å². The Labute approximate surface area is 155 Å². The van der Waals surface area contributed by atoms with Gasteiger partial charge in [-0.15, -0.1) is 0 Å². The summed E-state index contributed by atoms with van der Waals surface area (Å²) in [7, 11) is 0. The van der Waals surface area contributed by atoms with E-state index in [0.717, 1.165) is 17.4 Å². The molecule has 0 fully saturated rings. The number of aromatic carboxylic acids is 1. The second-order valence-electron chi connectivity index (χ2n) is 7.04. The number of carboxylic acid groups (broad SMARTS) is 1. The monoisotopic (exact) mass is 361 g/mol. The molecule has 0 saturated carbocycles. The van der Waals surface area contributed by atoms with E-state index in [0.29, 0.717) is 23.2 Å². The van der Waals surface area contributed by atoms with Crippen LogP contribution in [0.1, 0.15) is 39.1 Å². The first-order valence-electron chi connectivity index (χ1n) is 9.02. The molecule has 0 aliphatic heterocycles. The topological polar surface area (TPSA) is 76.4 Å². The molecule has 1 aliphatic carbocycles. The van der Waals surface area contributed by atoms with Gasteiger partial charge in [-0.2, -0.15) is 0 Å². The Morgan fingerprint density at radius 3 is 2.30 bits per heavy atom. The lowest BCUT2D eigenvalue weighted by Gasteiger charge is -2.12. The van der Waals surface area contributed by atoms with Gasteiger partial charge in [0.2, 0.25) is 5.91 Å². The predicted molar refractivity (Wildman–Crippen MR) is 102 cm³/mol. The van der Waals surface area contributed by atoms with Gasteiger partial charge < -0.3 is 5.11 Å². The van der Waals surface area contributed by atoms with Crippen molar-refractivity contribution in [2.75, 3.05) is 0 Å². The van der Waals surface area contributed by atoms with Crippen molar-refractivity contribution >= 4 is 22.8 Å². The molecular formula is C22H19NO4. The molecule has 1 heterocycles. The number of hydrogen-bond donors (Lipinski definition) is 1. The molecule has 0 amide bonds. The second-order valence-corrected chi connectivity index (χ2v) is 7.04. The molecule has 0 atom stereocenters. The molecule has 2 aromatic carbocycles. The van der Waals surface area contributed by atoms with E-state index in [-0.39, 0.29) is 17.9 Å². The van der Waals surface area contributed by atoms with Gasteiger partial charge in [-0.05, 0) is 53.8 Å². The molecule has 0 spiro atoms. The van der Waals surface area contributed by atoms with Crippen molar-refractivity contribution in [2.45, 2.75) is 25.7 Å². The summed E-state index contributed by atoms with van der Waals surface area (Å²) >= 11 is 0. The van der Waals surface area contributed by atoms with E-state index in [4.69, 9.17) is 0 Å². The third-order valence-corrected chi connectivity index (χ3v) is 5.29. The molecule has 5 heteroatoms. The van der Waals surface area contributed by atoms with Gasteiger partial charge in [0.05, 0.1) is 5.52 Å². The van der Waals surface area contributed by atoms with Crippen LogP contribution in [0.4, 0.5) is 0 Å². The van der Waals surface area contributed by atoms with Crippen molar-refractivity contribution in [3.8, 4) is 0 Å². The molecule has 0 saturated heterocycles. The van der Waals surface area contributed by atoms with Crippen LogP contribution in [0.2, 0.25) is 0 Å². The zero-order valence-electron chi connectivity index (χ0n) is 14.7. The van der Waals surface area contributed by atoms with Gasteiger partial charge in [0.15, 0.2) is 0 Å². The summed E-state index contributed by atoms with van der Waals surface area (Å²) in [5.41, 5.74) is 1.96. The largest absolute Gasteiger partial charge is 0.477 e. The maximum absolute atomic E-state index is 12.9. The molecule has 4 rings (SSSR count). The molecule has 5 nitrogen and oxygen atoms in total. The smallest absolute Gasteiger partial charge is 0.341 e. The van der Waals surface area contributed by atoms with E-state index in [9.17, 15) is 19.5 Å². The molecule has 1 aromatic heterocycles. The quantitative estimate of drug-likeness (QED) is 0.771. The maximum atomic E-state index is 12.9. The van der Waals surface area contributed by atoms with E-state index >= 15 is 0 Å². The number of hydrogen-bond acceptors (Lipinski definition) is 3. The van der Waals surface area contributed by atoms with Crippen LogP contribution in [-0.2, 0) is 12.8 Å². The number of rotatable bonds is 4. The lowest BCUT2D eigenvalue weighted by molar-refractivity contribution is 0.0694. The van der Waals surface area contributed by atoms with Crippen LogP contribution >= 0.6 is 0 Å². The fourth-order valence-corrected chi connectivity index (χ4v) is 3.95. The fraction of sp³-hybridized carbons (Fsp3) is 0.227. The third kappa shape index (κ3) is 3.16. The molecule has 27 heavy (non-hydrogen) atoms. The minimum atomic E-state index is -1.32. The SMILES string of the molecule is O=C(O)c1cc2ccccc2n(C(=O)CCC2Cc3ccccc3C2)c1=O. The van der Waals surface area contributed by atoms with Gasteiger partial charge in [-0.3, -0.25) is 9.59 Å². The highest BCUT2D eigenvalue weighted by Crippen LogP contribution is 2.29. The number of nitrogens with zero attached hydrogens (tertiary/aromatic N) is 1. The van der Waals surface area contributed by atoms with Gasteiger partial charge in [-0.1, -0.05) is 42.5 Å². The van der Waals surface area contributed by atoms with Crippen LogP contribution in [0.3, 0.4) is 0 Å². The first-order chi connectivity index (χ1) is 13.0. The Morgan fingerprint density at radius 2 is 1.63 bits per heavy atom. The number of fused-ring (bicyclic) bond motifs is 2. The first kappa shape index (κ1) is 17.2. The van der Waals surface area contributed by atoms with E-state index < -0.39 is 11.5 Å². The Bertz CT molecular complexity index is 1090. The average Bonchev–Trinajstić information content (AvgIpc) is 3.08. The summed E-state index contributed by atoms with van der Waals surface area (Å²) < 4.78 is 1.03. The summed E-state index contributed by atoms with van der Waals surface area (Å²) in [6, 6.07) is 16.5. The average molecular weight is 361 g/mol. The standard InChI is InChI=1S/C22H19NO4/c24-20(10-9-14-11-15-5-1-2-6-16(15)12-14)23-19-8-4-3-7-17(19)13-18(21(23)25)22(26)27/h1-8,13-14H,9-12H2,(H,26,27). The van der Waals surface area contributed by atoms with Crippen LogP contribution in [0.25, 0.3) is 10.9 Å². The molecule has 3 aromatic rings. The van der Waals surface area contributed by atoms with E-state index in [1.807, 2.05) is 12.1 Å². The second kappa shape index (κ2) is 6.83. The van der Waals surface area contributed by atoms with Crippen LogP contribution in [-0.4, -0.2) is 21.6 Å². The maximum Gasteiger partial charge on any atom is 0.341 e. The fourth-order valence-electron chi connectivity index (χ4n) is 3.95. The number of carbonyl (C=O) groups excluding carboxylic acids is 1. The number of benzene rings is 2. The lowest BCUT2D eigenvalue weighted by atomic mass is 9.99. The number of aromatic nitrogens is 1. The van der Waals surface area contributed by atoms with E-state index in [2.05, 4.69) is 12.1 Å².